The van der Waals surface area contributed by atoms with Crippen molar-refractivity contribution < 1.29 is 23.4 Å². The molecule has 0 unspecified atom stereocenters. The zero-order chi connectivity index (χ0) is 28.9. The average molecular weight is 565 g/mol. The van der Waals surface area contributed by atoms with Crippen LogP contribution in [0.4, 0.5) is 9.52 Å². The fraction of sp³-hybridized carbons (Fsp3) is 0.333. The summed E-state index contributed by atoms with van der Waals surface area (Å²) in [6.45, 7) is 11.8. The lowest BCUT2D eigenvalue weighted by molar-refractivity contribution is -0.0759. The Kier molecular flexibility index (Phi) is 9.11. The number of hydrogen-bond acceptors (Lipinski definition) is 8. The Balaban J connectivity index is 1.47. The lowest BCUT2D eigenvalue weighted by Gasteiger charge is -2.39. The second-order valence-corrected chi connectivity index (χ2v) is 10.9. The van der Waals surface area contributed by atoms with E-state index in [1.54, 1.807) is 25.1 Å². The summed E-state index contributed by atoms with van der Waals surface area (Å²) in [5.74, 6) is -0.700. The normalized spacial score (nSPS) is 14.5. The van der Waals surface area contributed by atoms with E-state index in [-0.39, 0.29) is 21.7 Å². The van der Waals surface area contributed by atoms with Crippen molar-refractivity contribution in [2.75, 3.05) is 32.2 Å². The molecule has 0 saturated carbocycles. The number of amides is 1. The van der Waals surface area contributed by atoms with Crippen molar-refractivity contribution in [3.63, 3.8) is 0 Å². The molecular weight excluding hydrogens is 531 g/mol. The molecule has 0 aliphatic carbocycles. The van der Waals surface area contributed by atoms with Crippen LogP contribution in [0.3, 0.4) is 0 Å². The quantitative estimate of drug-likeness (QED) is 0.279. The van der Waals surface area contributed by atoms with Crippen LogP contribution in [0, 0.1) is 18.2 Å². The maximum Gasteiger partial charge on any atom is 0.296 e. The molecule has 210 valence electrons. The van der Waals surface area contributed by atoms with Crippen LogP contribution in [-0.2, 0) is 4.74 Å². The van der Waals surface area contributed by atoms with Crippen LogP contribution in [-0.4, -0.2) is 48.0 Å². The summed E-state index contributed by atoms with van der Waals surface area (Å²) in [6, 6.07) is 6.16. The Labute approximate surface area is 237 Å². The van der Waals surface area contributed by atoms with Gasteiger partial charge in [-0.15, -0.1) is 5.10 Å². The Morgan fingerprint density at radius 2 is 2.02 bits per heavy atom. The molecule has 10 heteroatoms. The van der Waals surface area contributed by atoms with Crippen molar-refractivity contribution in [3.8, 4) is 22.1 Å². The first-order chi connectivity index (χ1) is 19.1. The van der Waals surface area contributed by atoms with Crippen molar-refractivity contribution in [3.05, 3.63) is 82.5 Å². The fourth-order valence-electron chi connectivity index (χ4n) is 4.28. The number of nitrogens with one attached hydrogen (secondary N) is 1. The number of methoxy groups -OCH3 is 1. The molecule has 0 bridgehead atoms. The summed E-state index contributed by atoms with van der Waals surface area (Å²) in [5.41, 5.74) is 4.73. The van der Waals surface area contributed by atoms with Gasteiger partial charge in [0.2, 0.25) is 5.13 Å². The number of carbonyl (C=O) groups is 1. The minimum atomic E-state index is -0.508. The Bertz CT molecular complexity index is 1490. The maximum atomic E-state index is 14.8. The largest absolute Gasteiger partial charge is 0.496 e. The van der Waals surface area contributed by atoms with Gasteiger partial charge in [-0.2, -0.15) is 0 Å². The Hall–Kier alpha value is -3.89. The van der Waals surface area contributed by atoms with E-state index in [2.05, 4.69) is 45.6 Å². The number of aromatic nitrogens is 3. The van der Waals surface area contributed by atoms with Crippen LogP contribution in [0.2, 0.25) is 0 Å². The minimum Gasteiger partial charge on any atom is -0.496 e. The predicted octanol–water partition coefficient (Wildman–Crippen LogP) is 6.56. The van der Waals surface area contributed by atoms with Gasteiger partial charge in [0.15, 0.2) is 0 Å². The number of allylic oxidation sites excluding steroid dienone is 3. The molecule has 1 aliphatic heterocycles. The van der Waals surface area contributed by atoms with Gasteiger partial charge in [0, 0.05) is 22.9 Å². The van der Waals surface area contributed by atoms with Gasteiger partial charge < -0.3 is 14.2 Å². The summed E-state index contributed by atoms with van der Waals surface area (Å²) >= 11 is 1.10. The molecule has 40 heavy (non-hydrogen) atoms. The molecule has 1 aliphatic rings. The number of rotatable bonds is 10. The molecule has 4 rings (SSSR count). The van der Waals surface area contributed by atoms with Crippen molar-refractivity contribution in [1.29, 1.82) is 0 Å². The standard InChI is InChI=1S/C30H33FN4O4S/c1-7-21(30(5)16-38-17-30)12-11-20(18(2)3)15-39-29-35-34-28(40-29)33-27(36)23-14-32-19(4)13-22(23)26-24(31)9-8-10-25(26)37-6/h7-14H,15-17H2,1-6H3,(H,33,34,36)/b12-11-,21-7+. The number of aryl methyl sites for hydroxylation is 1. The molecule has 3 heterocycles. The highest BCUT2D eigenvalue weighted by atomic mass is 32.1. The van der Waals surface area contributed by atoms with E-state index >= 15 is 0 Å². The minimum absolute atomic E-state index is 0.0371. The molecule has 0 atom stereocenters. The fourth-order valence-corrected chi connectivity index (χ4v) is 4.87. The molecule has 1 amide bonds. The van der Waals surface area contributed by atoms with Gasteiger partial charge in [0.1, 0.15) is 18.2 Å². The second-order valence-electron chi connectivity index (χ2n) is 9.96. The lowest BCUT2D eigenvalue weighted by Crippen LogP contribution is -2.40. The summed E-state index contributed by atoms with van der Waals surface area (Å²) in [7, 11) is 1.45. The molecule has 0 radical (unpaired) electrons. The maximum absolute atomic E-state index is 14.8. The van der Waals surface area contributed by atoms with Crippen molar-refractivity contribution in [1.82, 2.24) is 15.2 Å². The predicted molar refractivity (Wildman–Crippen MR) is 154 cm³/mol. The molecule has 3 aromatic rings. The monoisotopic (exact) mass is 564 g/mol. The van der Waals surface area contributed by atoms with Crippen LogP contribution in [0.25, 0.3) is 11.1 Å². The van der Waals surface area contributed by atoms with E-state index in [1.165, 1.54) is 24.9 Å². The Morgan fingerprint density at radius 1 is 1.25 bits per heavy atom. The van der Waals surface area contributed by atoms with Gasteiger partial charge in [0.05, 0.1) is 31.5 Å². The third-order valence-corrected chi connectivity index (χ3v) is 7.43. The van der Waals surface area contributed by atoms with Crippen LogP contribution in [0.5, 0.6) is 10.9 Å². The SMILES string of the molecule is C/C=C(\C=C/C(COc1nnc(NC(=O)c2cnc(C)cc2-c2c(F)cccc2OC)s1)=C(C)C)C1(C)COC1. The van der Waals surface area contributed by atoms with Gasteiger partial charge in [0.25, 0.3) is 11.1 Å². The van der Waals surface area contributed by atoms with E-state index in [0.717, 1.165) is 22.5 Å². The molecule has 0 spiro atoms. The first-order valence-electron chi connectivity index (χ1n) is 12.8. The lowest BCUT2D eigenvalue weighted by atomic mass is 9.79. The molecule has 2 aromatic heterocycles. The van der Waals surface area contributed by atoms with E-state index in [1.807, 2.05) is 20.8 Å². The van der Waals surface area contributed by atoms with E-state index in [4.69, 9.17) is 14.2 Å². The molecule has 1 aromatic carbocycles. The highest BCUT2D eigenvalue weighted by molar-refractivity contribution is 7.17. The number of carbonyl (C=O) groups excluding carboxylic acids is 1. The number of anilines is 1. The third kappa shape index (κ3) is 6.46. The molecular formula is C30H33FN4O4S. The van der Waals surface area contributed by atoms with Gasteiger partial charge in [-0.25, -0.2) is 4.39 Å². The van der Waals surface area contributed by atoms with E-state index < -0.39 is 11.7 Å². The van der Waals surface area contributed by atoms with Crippen LogP contribution in [0.15, 0.2) is 65.4 Å². The van der Waals surface area contributed by atoms with Gasteiger partial charge in [-0.3, -0.25) is 15.1 Å². The summed E-state index contributed by atoms with van der Waals surface area (Å²) in [6.07, 6.45) is 7.69. The first-order valence-corrected chi connectivity index (χ1v) is 13.6. The first kappa shape index (κ1) is 29.1. The van der Waals surface area contributed by atoms with Crippen LogP contribution >= 0.6 is 11.3 Å². The van der Waals surface area contributed by atoms with Gasteiger partial charge in [-0.1, -0.05) is 41.9 Å². The van der Waals surface area contributed by atoms with Crippen molar-refractivity contribution in [2.24, 2.45) is 5.41 Å². The van der Waals surface area contributed by atoms with Gasteiger partial charge >= 0.3 is 0 Å². The zero-order valence-electron chi connectivity index (χ0n) is 23.5. The van der Waals surface area contributed by atoms with Crippen LogP contribution in [0.1, 0.15) is 43.7 Å². The number of hydrogen-bond donors (Lipinski definition) is 1. The number of benzene rings is 1. The summed E-state index contributed by atoms with van der Waals surface area (Å²) < 4.78 is 31.5. The topological polar surface area (TPSA) is 95.5 Å². The highest BCUT2D eigenvalue weighted by Crippen LogP contribution is 2.37. The third-order valence-electron chi connectivity index (χ3n) is 6.68. The molecule has 1 saturated heterocycles. The average Bonchev–Trinajstić information content (AvgIpc) is 3.35. The smallest absolute Gasteiger partial charge is 0.296 e. The van der Waals surface area contributed by atoms with Gasteiger partial charge in [-0.05, 0) is 68.4 Å². The van der Waals surface area contributed by atoms with E-state index in [9.17, 15) is 9.18 Å². The van der Waals surface area contributed by atoms with E-state index in [0.29, 0.717) is 42.0 Å². The molecule has 1 N–H and O–H groups in total. The summed E-state index contributed by atoms with van der Waals surface area (Å²) in [5, 5.41) is 11.4. The summed E-state index contributed by atoms with van der Waals surface area (Å²) in [4.78, 5) is 17.5. The van der Waals surface area contributed by atoms with Crippen molar-refractivity contribution >= 4 is 22.4 Å². The number of halogens is 1. The number of nitrogens with zero attached hydrogens (tertiary/aromatic N) is 3. The molecule has 1 fully saturated rings. The Morgan fingerprint density at radius 3 is 2.67 bits per heavy atom. The van der Waals surface area contributed by atoms with Crippen LogP contribution < -0.4 is 14.8 Å². The number of ether oxygens (including phenoxy) is 3. The second kappa shape index (κ2) is 12.5. The molecule has 8 nitrogen and oxygen atoms in total. The number of pyridine rings is 1. The zero-order valence-corrected chi connectivity index (χ0v) is 24.3. The van der Waals surface area contributed by atoms with Crippen molar-refractivity contribution in [2.45, 2.75) is 34.6 Å². The highest BCUT2D eigenvalue weighted by Gasteiger charge is 2.35.